The highest BCUT2D eigenvalue weighted by Gasteiger charge is 2.55. The molecule has 134 valence electrons. The van der Waals surface area contributed by atoms with Gasteiger partial charge in [0.05, 0.1) is 10.2 Å². The third kappa shape index (κ3) is 2.88. The zero-order chi connectivity index (χ0) is 17.8. The standard InChI is InChI=1S/C19H19ClN4S2/c1-10-11(2)21-18(20)23-17(10)24-7-12-13(8-24)14(12)9-25-19-22-15-5-3-4-6-16(15)26-19/h3-6,12-14H,7-9H2,1-2H3/t12-,13+,14?. The lowest BCUT2D eigenvalue weighted by Gasteiger charge is -2.23. The number of halogens is 1. The van der Waals surface area contributed by atoms with Crippen LogP contribution in [0, 0.1) is 31.6 Å². The van der Waals surface area contributed by atoms with Crippen molar-refractivity contribution in [1.29, 1.82) is 0 Å². The predicted octanol–water partition coefficient (Wildman–Crippen LogP) is 4.83. The summed E-state index contributed by atoms with van der Waals surface area (Å²) < 4.78 is 2.48. The molecule has 1 aliphatic carbocycles. The fourth-order valence-electron chi connectivity index (χ4n) is 4.04. The summed E-state index contributed by atoms with van der Waals surface area (Å²) >= 11 is 9.80. The third-order valence-corrected chi connectivity index (χ3v) is 8.17. The normalized spacial score (nSPS) is 24.3. The van der Waals surface area contributed by atoms with E-state index in [1.54, 1.807) is 0 Å². The number of hydrogen-bond acceptors (Lipinski definition) is 6. The van der Waals surface area contributed by atoms with Crippen molar-refractivity contribution in [2.45, 2.75) is 18.2 Å². The van der Waals surface area contributed by atoms with Crippen LogP contribution in [0.4, 0.5) is 5.82 Å². The highest BCUT2D eigenvalue weighted by Crippen LogP contribution is 2.54. The van der Waals surface area contributed by atoms with E-state index in [0.29, 0.717) is 5.28 Å². The minimum absolute atomic E-state index is 0.353. The van der Waals surface area contributed by atoms with E-state index < -0.39 is 0 Å². The Hall–Kier alpha value is -1.37. The molecule has 2 aliphatic rings. The molecule has 5 rings (SSSR count). The number of rotatable bonds is 4. The molecule has 4 nitrogen and oxygen atoms in total. The number of aromatic nitrogens is 3. The Bertz CT molecular complexity index is 944. The van der Waals surface area contributed by atoms with Crippen molar-refractivity contribution in [3.8, 4) is 0 Å². The average molecular weight is 403 g/mol. The first-order valence-electron chi connectivity index (χ1n) is 8.84. The van der Waals surface area contributed by atoms with Gasteiger partial charge < -0.3 is 4.90 Å². The van der Waals surface area contributed by atoms with Gasteiger partial charge in [-0.25, -0.2) is 15.0 Å². The van der Waals surface area contributed by atoms with Crippen LogP contribution >= 0.6 is 34.7 Å². The van der Waals surface area contributed by atoms with Crippen molar-refractivity contribution in [1.82, 2.24) is 15.0 Å². The van der Waals surface area contributed by atoms with E-state index in [9.17, 15) is 0 Å². The van der Waals surface area contributed by atoms with Crippen LogP contribution in [0.25, 0.3) is 10.2 Å². The molecule has 26 heavy (non-hydrogen) atoms. The largest absolute Gasteiger partial charge is 0.356 e. The summed E-state index contributed by atoms with van der Waals surface area (Å²) in [5.41, 5.74) is 3.24. The highest BCUT2D eigenvalue weighted by molar-refractivity contribution is 8.01. The summed E-state index contributed by atoms with van der Waals surface area (Å²) in [5, 5.41) is 0.353. The first-order valence-corrected chi connectivity index (χ1v) is 11.0. The molecule has 0 spiro atoms. The zero-order valence-corrected chi connectivity index (χ0v) is 17.0. The molecule has 1 saturated carbocycles. The van der Waals surface area contributed by atoms with Crippen LogP contribution in [0.2, 0.25) is 5.28 Å². The van der Waals surface area contributed by atoms with Gasteiger partial charge in [0.1, 0.15) is 5.82 Å². The van der Waals surface area contributed by atoms with E-state index in [1.165, 1.54) is 14.8 Å². The molecule has 3 aromatic rings. The molecule has 0 radical (unpaired) electrons. The Labute approximate surface area is 166 Å². The Balaban J connectivity index is 1.22. The molecular weight excluding hydrogens is 384 g/mol. The maximum atomic E-state index is 6.07. The summed E-state index contributed by atoms with van der Waals surface area (Å²) in [6, 6.07) is 8.38. The van der Waals surface area contributed by atoms with Crippen LogP contribution < -0.4 is 4.90 Å². The predicted molar refractivity (Wildman–Crippen MR) is 110 cm³/mol. The molecule has 3 atom stereocenters. The van der Waals surface area contributed by atoms with Crippen molar-refractivity contribution in [2.75, 3.05) is 23.7 Å². The van der Waals surface area contributed by atoms with Crippen LogP contribution in [-0.4, -0.2) is 33.8 Å². The molecule has 2 fully saturated rings. The molecule has 2 aromatic heterocycles. The second-order valence-corrected chi connectivity index (χ2v) is 9.82. The Morgan fingerprint density at radius 2 is 1.92 bits per heavy atom. The van der Waals surface area contributed by atoms with Gasteiger partial charge in [-0.05, 0) is 55.3 Å². The summed E-state index contributed by atoms with van der Waals surface area (Å²) in [6.07, 6.45) is 0. The van der Waals surface area contributed by atoms with Crippen molar-refractivity contribution in [3.05, 3.63) is 40.8 Å². The number of aryl methyl sites for hydroxylation is 1. The lowest BCUT2D eigenvalue weighted by atomic mass is 10.2. The molecule has 1 unspecified atom stereocenters. The number of thioether (sulfide) groups is 1. The van der Waals surface area contributed by atoms with Gasteiger partial charge in [0.15, 0.2) is 4.34 Å². The van der Waals surface area contributed by atoms with E-state index >= 15 is 0 Å². The van der Waals surface area contributed by atoms with Gasteiger partial charge >= 0.3 is 0 Å². The molecule has 1 aliphatic heterocycles. The van der Waals surface area contributed by atoms with Gasteiger partial charge in [0, 0.05) is 30.1 Å². The van der Waals surface area contributed by atoms with E-state index in [2.05, 4.69) is 46.1 Å². The maximum absolute atomic E-state index is 6.07. The van der Waals surface area contributed by atoms with Gasteiger partial charge in [-0.3, -0.25) is 0 Å². The van der Waals surface area contributed by atoms with Crippen LogP contribution in [-0.2, 0) is 0 Å². The summed E-state index contributed by atoms with van der Waals surface area (Å²) in [7, 11) is 0. The number of para-hydroxylation sites is 1. The Morgan fingerprint density at radius 1 is 1.15 bits per heavy atom. The van der Waals surface area contributed by atoms with Gasteiger partial charge in [-0.15, -0.1) is 11.3 Å². The van der Waals surface area contributed by atoms with E-state index in [1.807, 2.05) is 30.0 Å². The topological polar surface area (TPSA) is 41.9 Å². The van der Waals surface area contributed by atoms with Crippen molar-refractivity contribution < 1.29 is 0 Å². The first kappa shape index (κ1) is 16.8. The van der Waals surface area contributed by atoms with Crippen molar-refractivity contribution >= 4 is 50.7 Å². The number of benzene rings is 1. The fraction of sp³-hybridized carbons (Fsp3) is 0.421. The minimum atomic E-state index is 0.353. The van der Waals surface area contributed by atoms with Crippen molar-refractivity contribution in [2.24, 2.45) is 17.8 Å². The number of fused-ring (bicyclic) bond motifs is 2. The van der Waals surface area contributed by atoms with Crippen LogP contribution in [0.3, 0.4) is 0 Å². The molecular formula is C19H19ClN4S2. The quantitative estimate of drug-likeness (QED) is 0.461. The second kappa shape index (κ2) is 6.36. The summed E-state index contributed by atoms with van der Waals surface area (Å²) in [6.45, 7) is 6.26. The smallest absolute Gasteiger partial charge is 0.224 e. The lowest BCUT2D eigenvalue weighted by molar-refractivity contribution is 0.688. The zero-order valence-electron chi connectivity index (χ0n) is 14.6. The van der Waals surface area contributed by atoms with Crippen LogP contribution in [0.15, 0.2) is 28.6 Å². The number of nitrogens with zero attached hydrogens (tertiary/aromatic N) is 4. The van der Waals surface area contributed by atoms with E-state index in [0.717, 1.165) is 53.4 Å². The number of thiazole rings is 1. The van der Waals surface area contributed by atoms with Gasteiger partial charge in [-0.1, -0.05) is 23.9 Å². The monoisotopic (exact) mass is 402 g/mol. The Kier molecular flexibility index (Phi) is 4.10. The van der Waals surface area contributed by atoms with E-state index in [-0.39, 0.29) is 0 Å². The molecule has 0 N–H and O–H groups in total. The minimum Gasteiger partial charge on any atom is -0.356 e. The van der Waals surface area contributed by atoms with E-state index in [4.69, 9.17) is 16.6 Å². The molecule has 3 heterocycles. The van der Waals surface area contributed by atoms with Gasteiger partial charge in [0.2, 0.25) is 5.28 Å². The van der Waals surface area contributed by atoms with Crippen molar-refractivity contribution in [3.63, 3.8) is 0 Å². The molecule has 1 aromatic carbocycles. The fourth-order valence-corrected chi connectivity index (χ4v) is 6.64. The second-order valence-electron chi connectivity index (χ2n) is 7.18. The number of piperidine rings is 1. The van der Waals surface area contributed by atoms with Crippen LogP contribution in [0.1, 0.15) is 11.3 Å². The number of hydrogen-bond donors (Lipinski definition) is 0. The summed E-state index contributed by atoms with van der Waals surface area (Å²) in [4.78, 5) is 15.9. The highest BCUT2D eigenvalue weighted by atomic mass is 35.5. The number of anilines is 1. The summed E-state index contributed by atoms with van der Waals surface area (Å²) in [5.74, 6) is 4.57. The average Bonchev–Trinajstić information content (AvgIpc) is 3.00. The molecule has 7 heteroatoms. The molecule has 1 saturated heterocycles. The van der Waals surface area contributed by atoms with Gasteiger partial charge in [0.25, 0.3) is 0 Å². The first-order chi connectivity index (χ1) is 12.6. The lowest BCUT2D eigenvalue weighted by Crippen LogP contribution is -2.26. The SMILES string of the molecule is Cc1nc(Cl)nc(N2C[C@@H]3C(CSc4nc5ccccc5s4)[C@@H]3C2)c1C. The Morgan fingerprint density at radius 3 is 2.69 bits per heavy atom. The molecule has 0 amide bonds. The maximum Gasteiger partial charge on any atom is 0.224 e. The van der Waals surface area contributed by atoms with Crippen LogP contribution in [0.5, 0.6) is 0 Å². The van der Waals surface area contributed by atoms with Gasteiger partial charge in [-0.2, -0.15) is 0 Å². The third-order valence-electron chi connectivity index (χ3n) is 5.68. The molecule has 0 bridgehead atoms.